The van der Waals surface area contributed by atoms with E-state index in [1.807, 2.05) is 23.3 Å². The van der Waals surface area contributed by atoms with Crippen molar-refractivity contribution in [3.63, 3.8) is 0 Å². The molecule has 0 saturated heterocycles. The molecule has 3 nitrogen and oxygen atoms in total. The fourth-order valence-electron chi connectivity index (χ4n) is 1.09. The average molecular weight is 217 g/mol. The smallest absolute Gasteiger partial charge is 0.195 e. The number of aryl methyl sites for hydroxylation is 1. The van der Waals surface area contributed by atoms with Crippen molar-refractivity contribution >= 4 is 24.0 Å². The molecule has 0 amide bonds. The maximum atomic E-state index is 5.10. The summed E-state index contributed by atoms with van der Waals surface area (Å²) in [6, 6.07) is 0. The molecule has 1 aromatic rings. The van der Waals surface area contributed by atoms with Crippen LogP contribution < -0.4 is 0 Å². The van der Waals surface area contributed by atoms with Gasteiger partial charge in [-0.2, -0.15) is 16.9 Å². The number of rotatable bonds is 4. The van der Waals surface area contributed by atoms with E-state index in [0.717, 1.165) is 23.6 Å². The average Bonchev–Trinajstić information content (AvgIpc) is 2.43. The van der Waals surface area contributed by atoms with Gasteiger partial charge in [0.2, 0.25) is 0 Å². The normalized spacial score (nSPS) is 13.2. The first-order chi connectivity index (χ1) is 6.15. The van der Waals surface area contributed by atoms with Gasteiger partial charge in [0, 0.05) is 11.8 Å². The van der Waals surface area contributed by atoms with Crippen LogP contribution in [0, 0.1) is 11.7 Å². The van der Waals surface area contributed by atoms with Gasteiger partial charge in [-0.15, -0.1) is 0 Å². The molecule has 74 valence electrons. The summed E-state index contributed by atoms with van der Waals surface area (Å²) < 4.78 is 2.77. The first-order valence-electron chi connectivity index (χ1n) is 4.29. The van der Waals surface area contributed by atoms with E-state index in [2.05, 4.69) is 23.4 Å². The molecule has 13 heavy (non-hydrogen) atoms. The van der Waals surface area contributed by atoms with Crippen LogP contribution in [0.5, 0.6) is 0 Å². The second kappa shape index (κ2) is 4.81. The Bertz CT molecular complexity index is 315. The lowest BCUT2D eigenvalue weighted by molar-refractivity contribution is 0.617. The van der Waals surface area contributed by atoms with E-state index in [9.17, 15) is 0 Å². The number of aromatic amines is 1. The van der Waals surface area contributed by atoms with Crippen LogP contribution in [-0.2, 0) is 6.54 Å². The predicted molar refractivity (Wildman–Crippen MR) is 59.7 cm³/mol. The summed E-state index contributed by atoms with van der Waals surface area (Å²) >= 11 is 6.98. The summed E-state index contributed by atoms with van der Waals surface area (Å²) in [6.45, 7) is 5.16. The Morgan fingerprint density at radius 3 is 2.85 bits per heavy atom. The highest BCUT2D eigenvalue weighted by Crippen LogP contribution is 2.11. The first kappa shape index (κ1) is 10.8. The van der Waals surface area contributed by atoms with Crippen LogP contribution in [0.15, 0.2) is 0 Å². The van der Waals surface area contributed by atoms with Crippen LogP contribution in [0.25, 0.3) is 0 Å². The van der Waals surface area contributed by atoms with Gasteiger partial charge in [0.1, 0.15) is 5.82 Å². The SMILES string of the molecule is CSC(C)CCn1c(C)n[nH]c1=S. The molecule has 0 bridgehead atoms. The minimum Gasteiger partial charge on any atom is -0.304 e. The number of hydrogen-bond acceptors (Lipinski definition) is 3. The number of hydrogen-bond donors (Lipinski definition) is 1. The number of thioether (sulfide) groups is 1. The molecule has 0 fully saturated rings. The molecule has 0 aliphatic rings. The maximum Gasteiger partial charge on any atom is 0.195 e. The summed E-state index contributed by atoms with van der Waals surface area (Å²) in [5.41, 5.74) is 0. The van der Waals surface area contributed by atoms with Crippen molar-refractivity contribution in [2.75, 3.05) is 6.26 Å². The molecule has 0 aliphatic carbocycles. The Balaban J connectivity index is 2.59. The fourth-order valence-corrected chi connectivity index (χ4v) is 1.70. The molecule has 5 heteroatoms. The van der Waals surface area contributed by atoms with Crippen LogP contribution in [0.1, 0.15) is 19.2 Å². The van der Waals surface area contributed by atoms with E-state index in [1.165, 1.54) is 0 Å². The third-order valence-electron chi connectivity index (χ3n) is 2.11. The minimum absolute atomic E-state index is 0.677. The zero-order valence-electron chi connectivity index (χ0n) is 8.20. The van der Waals surface area contributed by atoms with Crippen molar-refractivity contribution in [3.05, 3.63) is 10.6 Å². The molecule has 1 N–H and O–H groups in total. The molecule has 1 heterocycles. The van der Waals surface area contributed by atoms with Gasteiger partial charge in [-0.1, -0.05) is 6.92 Å². The molecular formula is C8H15N3S2. The molecule has 0 saturated carbocycles. The lowest BCUT2D eigenvalue weighted by atomic mass is 10.3. The van der Waals surface area contributed by atoms with Gasteiger partial charge in [-0.3, -0.25) is 5.10 Å². The number of nitrogens with one attached hydrogen (secondary N) is 1. The lowest BCUT2D eigenvalue weighted by Gasteiger charge is -2.08. The second-order valence-electron chi connectivity index (χ2n) is 3.06. The van der Waals surface area contributed by atoms with Crippen LogP contribution in [0.4, 0.5) is 0 Å². The van der Waals surface area contributed by atoms with E-state index >= 15 is 0 Å². The molecule has 0 radical (unpaired) electrons. The Hall–Kier alpha value is -0.290. The molecular weight excluding hydrogens is 202 g/mol. The number of H-pyrrole nitrogens is 1. The topological polar surface area (TPSA) is 33.6 Å². The van der Waals surface area contributed by atoms with Gasteiger partial charge in [0.25, 0.3) is 0 Å². The zero-order chi connectivity index (χ0) is 9.84. The van der Waals surface area contributed by atoms with Gasteiger partial charge in [-0.05, 0) is 31.8 Å². The van der Waals surface area contributed by atoms with Gasteiger partial charge < -0.3 is 4.57 Å². The van der Waals surface area contributed by atoms with Crippen LogP contribution in [0.2, 0.25) is 0 Å². The van der Waals surface area contributed by atoms with Crippen molar-refractivity contribution < 1.29 is 0 Å². The zero-order valence-corrected chi connectivity index (χ0v) is 9.84. The highest BCUT2D eigenvalue weighted by atomic mass is 32.2. The Labute approximate surface area is 87.9 Å². The van der Waals surface area contributed by atoms with E-state index < -0.39 is 0 Å². The van der Waals surface area contributed by atoms with Crippen molar-refractivity contribution in [1.82, 2.24) is 14.8 Å². The van der Waals surface area contributed by atoms with Gasteiger partial charge in [0.05, 0.1) is 0 Å². The summed E-state index contributed by atoms with van der Waals surface area (Å²) in [5, 5.41) is 7.52. The maximum absolute atomic E-state index is 5.10. The summed E-state index contributed by atoms with van der Waals surface area (Å²) in [6.07, 6.45) is 3.27. The van der Waals surface area contributed by atoms with Crippen molar-refractivity contribution in [1.29, 1.82) is 0 Å². The van der Waals surface area contributed by atoms with E-state index in [0.29, 0.717) is 5.25 Å². The third-order valence-corrected chi connectivity index (χ3v) is 3.46. The predicted octanol–water partition coefficient (Wildman–Crippen LogP) is 2.39. The first-order valence-corrected chi connectivity index (χ1v) is 5.99. The lowest BCUT2D eigenvalue weighted by Crippen LogP contribution is -2.06. The quantitative estimate of drug-likeness (QED) is 0.786. The van der Waals surface area contributed by atoms with Crippen molar-refractivity contribution in [3.8, 4) is 0 Å². The molecule has 1 aromatic heterocycles. The Morgan fingerprint density at radius 1 is 1.69 bits per heavy atom. The van der Waals surface area contributed by atoms with Gasteiger partial charge in [0.15, 0.2) is 4.77 Å². The second-order valence-corrected chi connectivity index (χ2v) is 4.73. The molecule has 0 spiro atoms. The number of nitrogens with zero attached hydrogens (tertiary/aromatic N) is 2. The van der Waals surface area contributed by atoms with E-state index in [4.69, 9.17) is 12.2 Å². The molecule has 1 atom stereocenters. The van der Waals surface area contributed by atoms with Gasteiger partial charge in [-0.25, -0.2) is 0 Å². The standard InChI is InChI=1S/C8H15N3S2/c1-6(13-3)4-5-11-7(2)9-10-8(11)12/h6H,4-5H2,1-3H3,(H,10,12). The third kappa shape index (κ3) is 2.84. The monoisotopic (exact) mass is 217 g/mol. The summed E-state index contributed by atoms with van der Waals surface area (Å²) in [5.74, 6) is 0.971. The number of aromatic nitrogens is 3. The fraction of sp³-hybridized carbons (Fsp3) is 0.750. The largest absolute Gasteiger partial charge is 0.304 e. The minimum atomic E-state index is 0.677. The van der Waals surface area contributed by atoms with Crippen LogP contribution >= 0.6 is 24.0 Å². The molecule has 1 rings (SSSR count). The summed E-state index contributed by atoms with van der Waals surface area (Å²) in [7, 11) is 0. The Kier molecular flexibility index (Phi) is 3.99. The van der Waals surface area contributed by atoms with Crippen LogP contribution in [0.3, 0.4) is 0 Å². The van der Waals surface area contributed by atoms with Gasteiger partial charge >= 0.3 is 0 Å². The van der Waals surface area contributed by atoms with Crippen molar-refractivity contribution in [2.24, 2.45) is 0 Å². The highest BCUT2D eigenvalue weighted by molar-refractivity contribution is 7.99. The Morgan fingerprint density at radius 2 is 2.38 bits per heavy atom. The van der Waals surface area contributed by atoms with E-state index in [-0.39, 0.29) is 0 Å². The van der Waals surface area contributed by atoms with E-state index in [1.54, 1.807) is 0 Å². The highest BCUT2D eigenvalue weighted by Gasteiger charge is 2.03. The molecule has 1 unspecified atom stereocenters. The molecule has 0 aromatic carbocycles. The summed E-state index contributed by atoms with van der Waals surface area (Å²) in [4.78, 5) is 0. The van der Waals surface area contributed by atoms with Crippen molar-refractivity contribution in [2.45, 2.75) is 32.1 Å². The molecule has 0 aliphatic heterocycles. The van der Waals surface area contributed by atoms with Crippen LogP contribution in [-0.4, -0.2) is 26.3 Å².